The van der Waals surface area contributed by atoms with Crippen LogP contribution < -0.4 is 5.32 Å². The van der Waals surface area contributed by atoms with Crippen molar-refractivity contribution in [1.29, 1.82) is 0 Å². The summed E-state index contributed by atoms with van der Waals surface area (Å²) >= 11 is 1.58. The van der Waals surface area contributed by atoms with Crippen molar-refractivity contribution in [2.75, 3.05) is 30.9 Å². The van der Waals surface area contributed by atoms with Crippen LogP contribution in [0.4, 0.5) is 5.82 Å². The SMILES string of the molecule is CCCSc1nc(NC2CC2c2ccccc2)c2nnn([C@@H]3C[C@H](COCCO)[C@@H](O)[C@H]3O)c2n1. The van der Waals surface area contributed by atoms with Gasteiger partial charge in [0.2, 0.25) is 0 Å². The molecule has 2 aliphatic rings. The first-order valence-electron chi connectivity index (χ1n) is 12.2. The number of rotatable bonds is 11. The van der Waals surface area contributed by atoms with Gasteiger partial charge in [0.05, 0.1) is 32.0 Å². The molecule has 2 aromatic heterocycles. The Morgan fingerprint density at radius 1 is 1.14 bits per heavy atom. The Bertz CT molecular complexity index is 1130. The molecule has 2 saturated carbocycles. The van der Waals surface area contributed by atoms with E-state index in [0.717, 1.165) is 18.6 Å². The normalized spacial score (nSPS) is 28.0. The molecule has 0 radical (unpaired) electrons. The van der Waals surface area contributed by atoms with Gasteiger partial charge in [-0.3, -0.25) is 0 Å². The first kappa shape index (κ1) is 24.4. The van der Waals surface area contributed by atoms with Crippen molar-refractivity contribution in [3.05, 3.63) is 35.9 Å². The average molecular weight is 501 g/mol. The first-order chi connectivity index (χ1) is 17.1. The molecule has 0 amide bonds. The predicted octanol–water partition coefficient (Wildman–Crippen LogP) is 1.98. The molecule has 35 heavy (non-hydrogen) atoms. The molecule has 188 valence electrons. The van der Waals surface area contributed by atoms with Gasteiger partial charge < -0.3 is 25.4 Å². The highest BCUT2D eigenvalue weighted by atomic mass is 32.2. The zero-order valence-electron chi connectivity index (χ0n) is 19.7. The molecule has 4 N–H and O–H groups in total. The van der Waals surface area contributed by atoms with Crippen LogP contribution >= 0.6 is 11.8 Å². The second-order valence-electron chi connectivity index (χ2n) is 9.26. The lowest BCUT2D eigenvalue weighted by atomic mass is 10.1. The third kappa shape index (κ3) is 5.14. The maximum atomic E-state index is 10.8. The topological polar surface area (TPSA) is 138 Å². The van der Waals surface area contributed by atoms with Gasteiger partial charge in [-0.1, -0.05) is 54.2 Å². The van der Waals surface area contributed by atoms with Crippen molar-refractivity contribution in [3.63, 3.8) is 0 Å². The highest BCUT2D eigenvalue weighted by molar-refractivity contribution is 7.99. The summed E-state index contributed by atoms with van der Waals surface area (Å²) in [6, 6.07) is 10.2. The van der Waals surface area contributed by atoms with Crippen LogP contribution in [0, 0.1) is 5.92 Å². The van der Waals surface area contributed by atoms with Crippen LogP contribution in [-0.4, -0.2) is 84.1 Å². The summed E-state index contributed by atoms with van der Waals surface area (Å²) in [6.07, 6.45) is 0.504. The predicted molar refractivity (Wildman–Crippen MR) is 132 cm³/mol. The Balaban J connectivity index is 1.41. The summed E-state index contributed by atoms with van der Waals surface area (Å²) in [7, 11) is 0. The molecular formula is C24H32N6O4S. The molecule has 6 atom stereocenters. The molecule has 0 saturated heterocycles. The van der Waals surface area contributed by atoms with E-state index in [2.05, 4.69) is 46.8 Å². The van der Waals surface area contributed by atoms with Crippen LogP contribution in [0.25, 0.3) is 11.2 Å². The van der Waals surface area contributed by atoms with E-state index in [1.165, 1.54) is 5.56 Å². The van der Waals surface area contributed by atoms with Gasteiger partial charge in [-0.05, 0) is 24.8 Å². The first-order valence-corrected chi connectivity index (χ1v) is 13.2. The van der Waals surface area contributed by atoms with Crippen molar-refractivity contribution in [2.24, 2.45) is 5.92 Å². The molecule has 2 unspecified atom stereocenters. The van der Waals surface area contributed by atoms with Gasteiger partial charge in [0, 0.05) is 23.6 Å². The number of hydrogen-bond donors (Lipinski definition) is 4. The van der Waals surface area contributed by atoms with E-state index in [1.807, 2.05) is 6.07 Å². The van der Waals surface area contributed by atoms with E-state index in [0.29, 0.717) is 34.5 Å². The van der Waals surface area contributed by atoms with Crippen LogP contribution in [0.2, 0.25) is 0 Å². The highest BCUT2D eigenvalue weighted by Gasteiger charge is 2.44. The summed E-state index contributed by atoms with van der Waals surface area (Å²) < 4.78 is 7.04. The number of benzene rings is 1. The lowest BCUT2D eigenvalue weighted by Crippen LogP contribution is -2.31. The third-order valence-corrected chi connectivity index (χ3v) is 7.78. The number of nitrogens with one attached hydrogen (secondary N) is 1. The number of ether oxygens (including phenoxy) is 1. The molecule has 2 heterocycles. The Morgan fingerprint density at radius 3 is 2.74 bits per heavy atom. The smallest absolute Gasteiger partial charge is 0.191 e. The van der Waals surface area contributed by atoms with Gasteiger partial charge in [-0.2, -0.15) is 0 Å². The zero-order chi connectivity index (χ0) is 24.4. The maximum absolute atomic E-state index is 10.8. The summed E-state index contributed by atoms with van der Waals surface area (Å²) in [4.78, 5) is 9.49. The highest BCUT2D eigenvalue weighted by Crippen LogP contribution is 2.43. The van der Waals surface area contributed by atoms with Crippen molar-refractivity contribution in [2.45, 2.75) is 61.6 Å². The van der Waals surface area contributed by atoms with Gasteiger partial charge in [0.1, 0.15) is 6.10 Å². The Hall–Kier alpha value is -2.31. The van der Waals surface area contributed by atoms with Gasteiger partial charge in [0.15, 0.2) is 22.1 Å². The van der Waals surface area contributed by atoms with Crippen LogP contribution in [0.15, 0.2) is 35.5 Å². The molecular weight excluding hydrogens is 468 g/mol. The molecule has 0 aliphatic heterocycles. The summed E-state index contributed by atoms with van der Waals surface area (Å²) in [5.74, 6) is 1.69. The largest absolute Gasteiger partial charge is 0.394 e. The van der Waals surface area contributed by atoms with E-state index in [4.69, 9.17) is 19.8 Å². The summed E-state index contributed by atoms with van der Waals surface area (Å²) in [5.41, 5.74) is 2.41. The second-order valence-corrected chi connectivity index (χ2v) is 10.3. The fraction of sp³-hybridized carbons (Fsp3) is 0.583. The minimum absolute atomic E-state index is 0.0838. The fourth-order valence-electron chi connectivity index (χ4n) is 4.80. The van der Waals surface area contributed by atoms with E-state index >= 15 is 0 Å². The van der Waals surface area contributed by atoms with E-state index < -0.39 is 18.2 Å². The standard InChI is InChI=1S/C24H32N6O4S/c1-2-10-35-24-26-22(25-17-12-16(17)14-6-4-3-5-7-14)19-23(27-24)30(29-28-19)18-11-15(13-34-9-8-31)20(32)21(18)33/h3-7,15-18,20-21,31-33H,2,8-13H2,1H3,(H,25,26,27)/t15-,16?,17?,18-,20-,21+/m1/s1. The second kappa shape index (κ2) is 10.8. The van der Waals surface area contributed by atoms with Crippen LogP contribution in [0.3, 0.4) is 0 Å². The number of aliphatic hydroxyl groups is 3. The number of nitrogens with zero attached hydrogens (tertiary/aromatic N) is 5. The molecule has 11 heteroatoms. The van der Waals surface area contributed by atoms with E-state index in [-0.39, 0.29) is 31.8 Å². The van der Waals surface area contributed by atoms with Gasteiger partial charge in [-0.25, -0.2) is 14.6 Å². The number of aromatic nitrogens is 5. The molecule has 10 nitrogen and oxygen atoms in total. The summed E-state index contributed by atoms with van der Waals surface area (Å²) in [6.45, 7) is 2.48. The number of anilines is 1. The molecule has 1 aromatic carbocycles. The molecule has 0 bridgehead atoms. The lowest BCUT2D eigenvalue weighted by Gasteiger charge is -2.17. The summed E-state index contributed by atoms with van der Waals surface area (Å²) in [5, 5.41) is 43.3. The van der Waals surface area contributed by atoms with E-state index in [1.54, 1.807) is 16.4 Å². The van der Waals surface area contributed by atoms with Gasteiger partial charge in [-0.15, -0.1) is 5.10 Å². The number of fused-ring (bicyclic) bond motifs is 1. The Morgan fingerprint density at radius 2 is 1.97 bits per heavy atom. The minimum atomic E-state index is -1.02. The van der Waals surface area contributed by atoms with Crippen LogP contribution in [0.5, 0.6) is 0 Å². The number of aliphatic hydroxyl groups excluding tert-OH is 3. The monoisotopic (exact) mass is 500 g/mol. The van der Waals surface area contributed by atoms with Crippen LogP contribution in [-0.2, 0) is 4.74 Å². The number of hydrogen-bond acceptors (Lipinski definition) is 10. The third-order valence-electron chi connectivity index (χ3n) is 6.73. The minimum Gasteiger partial charge on any atom is -0.394 e. The maximum Gasteiger partial charge on any atom is 0.191 e. The molecule has 2 fully saturated rings. The molecule has 2 aliphatic carbocycles. The Kier molecular flexibility index (Phi) is 7.49. The fourth-order valence-corrected chi connectivity index (χ4v) is 5.49. The van der Waals surface area contributed by atoms with Crippen molar-refractivity contribution < 1.29 is 20.1 Å². The molecule has 3 aromatic rings. The van der Waals surface area contributed by atoms with Crippen molar-refractivity contribution in [1.82, 2.24) is 25.0 Å². The van der Waals surface area contributed by atoms with Crippen LogP contribution in [0.1, 0.15) is 43.7 Å². The van der Waals surface area contributed by atoms with Gasteiger partial charge >= 0.3 is 0 Å². The van der Waals surface area contributed by atoms with Gasteiger partial charge in [0.25, 0.3) is 0 Å². The number of thioether (sulfide) groups is 1. The van der Waals surface area contributed by atoms with Crippen molar-refractivity contribution in [3.8, 4) is 0 Å². The molecule has 0 spiro atoms. The van der Waals surface area contributed by atoms with E-state index in [9.17, 15) is 10.2 Å². The average Bonchev–Trinajstić information content (AvgIpc) is 3.43. The molecule has 5 rings (SSSR count). The zero-order valence-corrected chi connectivity index (χ0v) is 20.5. The lowest BCUT2D eigenvalue weighted by molar-refractivity contribution is -0.0199. The quantitative estimate of drug-likeness (QED) is 0.176. The van der Waals surface area contributed by atoms with Crippen molar-refractivity contribution >= 4 is 28.7 Å². The Labute approximate surface area is 208 Å².